The Morgan fingerprint density at radius 3 is 3.00 bits per heavy atom. The highest BCUT2D eigenvalue weighted by Crippen LogP contribution is 2.18. The molecule has 1 aliphatic rings. The second kappa shape index (κ2) is 8.73. The van der Waals surface area contributed by atoms with E-state index < -0.39 is 0 Å². The van der Waals surface area contributed by atoms with Gasteiger partial charge in [-0.05, 0) is 39.7 Å². The van der Waals surface area contributed by atoms with Gasteiger partial charge in [0.2, 0.25) is 0 Å². The number of carbonyl (C=O) groups excluding carboxylic acids is 1. The standard InChI is InChI=1S/C15H28N6O/c1-13-6-3-4-9-21(13)14(2)10-18-15(22)17-7-5-8-20-12-16-11-19-20/h11-14H,3-10H2,1-2H3,(H2,17,18,22)/t13-,14+/m0/s1. The highest BCUT2D eigenvalue weighted by molar-refractivity contribution is 5.73. The van der Waals surface area contributed by atoms with Gasteiger partial charge in [-0.15, -0.1) is 0 Å². The third-order valence-corrected chi connectivity index (χ3v) is 4.29. The highest BCUT2D eigenvalue weighted by Gasteiger charge is 2.23. The number of hydrogen-bond acceptors (Lipinski definition) is 4. The van der Waals surface area contributed by atoms with Crippen LogP contribution in [0.1, 0.15) is 39.5 Å². The maximum Gasteiger partial charge on any atom is 0.314 e. The predicted molar refractivity (Wildman–Crippen MR) is 85.5 cm³/mol. The lowest BCUT2D eigenvalue weighted by molar-refractivity contribution is 0.114. The van der Waals surface area contributed by atoms with Crippen LogP contribution in [0.5, 0.6) is 0 Å². The number of carbonyl (C=O) groups is 1. The van der Waals surface area contributed by atoms with Crippen molar-refractivity contribution in [1.82, 2.24) is 30.3 Å². The molecule has 0 spiro atoms. The van der Waals surface area contributed by atoms with Gasteiger partial charge in [-0.25, -0.2) is 9.78 Å². The molecular formula is C15H28N6O. The van der Waals surface area contributed by atoms with Crippen LogP contribution < -0.4 is 10.6 Å². The van der Waals surface area contributed by atoms with Crippen LogP contribution in [0.4, 0.5) is 4.79 Å². The van der Waals surface area contributed by atoms with Crippen LogP contribution >= 0.6 is 0 Å². The average molecular weight is 308 g/mol. The van der Waals surface area contributed by atoms with Gasteiger partial charge in [-0.1, -0.05) is 6.42 Å². The first-order valence-electron chi connectivity index (χ1n) is 8.26. The summed E-state index contributed by atoms with van der Waals surface area (Å²) in [6, 6.07) is 0.919. The number of aryl methyl sites for hydroxylation is 1. The fraction of sp³-hybridized carbons (Fsp3) is 0.800. The van der Waals surface area contributed by atoms with E-state index in [1.54, 1.807) is 11.0 Å². The van der Waals surface area contributed by atoms with Crippen LogP contribution in [-0.2, 0) is 6.54 Å². The molecule has 7 heteroatoms. The summed E-state index contributed by atoms with van der Waals surface area (Å²) >= 11 is 0. The Morgan fingerprint density at radius 1 is 1.41 bits per heavy atom. The van der Waals surface area contributed by atoms with Crippen molar-refractivity contribution in [1.29, 1.82) is 0 Å². The molecule has 2 rings (SSSR count). The molecule has 0 saturated carbocycles. The molecule has 0 unspecified atom stereocenters. The fourth-order valence-corrected chi connectivity index (χ4v) is 2.99. The third-order valence-electron chi connectivity index (χ3n) is 4.29. The van der Waals surface area contributed by atoms with Gasteiger partial charge < -0.3 is 10.6 Å². The Kier molecular flexibility index (Phi) is 6.64. The van der Waals surface area contributed by atoms with E-state index >= 15 is 0 Å². The zero-order valence-corrected chi connectivity index (χ0v) is 13.7. The second-order valence-corrected chi connectivity index (χ2v) is 6.08. The summed E-state index contributed by atoms with van der Waals surface area (Å²) in [6.45, 7) is 7.71. The van der Waals surface area contributed by atoms with E-state index in [1.807, 2.05) is 0 Å². The summed E-state index contributed by atoms with van der Waals surface area (Å²) in [4.78, 5) is 18.2. The quantitative estimate of drug-likeness (QED) is 0.743. The molecule has 2 atom stereocenters. The summed E-state index contributed by atoms with van der Waals surface area (Å²) in [5.74, 6) is 0. The second-order valence-electron chi connectivity index (χ2n) is 6.08. The Hall–Kier alpha value is -1.63. The Bertz CT molecular complexity index is 435. The minimum absolute atomic E-state index is 0.0879. The maximum atomic E-state index is 11.8. The molecule has 1 fully saturated rings. The number of amides is 2. The zero-order valence-electron chi connectivity index (χ0n) is 13.7. The van der Waals surface area contributed by atoms with Crippen LogP contribution in [-0.4, -0.2) is 57.4 Å². The molecule has 1 saturated heterocycles. The molecule has 0 bridgehead atoms. The van der Waals surface area contributed by atoms with Gasteiger partial charge in [0.15, 0.2) is 0 Å². The molecule has 0 aromatic carbocycles. The number of urea groups is 1. The Balaban J connectivity index is 1.56. The number of piperidine rings is 1. The van der Waals surface area contributed by atoms with E-state index in [1.165, 1.54) is 25.6 Å². The number of nitrogens with one attached hydrogen (secondary N) is 2. The van der Waals surface area contributed by atoms with Crippen LogP contribution in [0.15, 0.2) is 12.7 Å². The van der Waals surface area contributed by atoms with Crippen molar-refractivity contribution in [3.8, 4) is 0 Å². The van der Waals surface area contributed by atoms with Crippen molar-refractivity contribution >= 4 is 6.03 Å². The Labute approximate surface area is 132 Å². The van der Waals surface area contributed by atoms with Crippen molar-refractivity contribution in [2.45, 2.75) is 58.2 Å². The van der Waals surface area contributed by atoms with Crippen LogP contribution in [0, 0.1) is 0 Å². The van der Waals surface area contributed by atoms with E-state index in [0.29, 0.717) is 25.2 Å². The molecular weight excluding hydrogens is 280 g/mol. The van der Waals surface area contributed by atoms with Gasteiger partial charge in [-0.2, -0.15) is 5.10 Å². The van der Waals surface area contributed by atoms with Gasteiger partial charge in [0.1, 0.15) is 12.7 Å². The minimum atomic E-state index is -0.0879. The van der Waals surface area contributed by atoms with Gasteiger partial charge in [0, 0.05) is 31.7 Å². The molecule has 0 aliphatic carbocycles. The molecule has 7 nitrogen and oxygen atoms in total. The van der Waals surface area contributed by atoms with Crippen LogP contribution in [0.2, 0.25) is 0 Å². The summed E-state index contributed by atoms with van der Waals surface area (Å²) in [6.07, 6.45) is 7.90. The molecule has 2 N–H and O–H groups in total. The summed E-state index contributed by atoms with van der Waals surface area (Å²) in [5, 5.41) is 9.87. The predicted octanol–water partition coefficient (Wildman–Crippen LogP) is 1.23. The van der Waals surface area contributed by atoms with Gasteiger partial charge >= 0.3 is 6.03 Å². The fourth-order valence-electron chi connectivity index (χ4n) is 2.99. The number of rotatable bonds is 7. The minimum Gasteiger partial charge on any atom is -0.338 e. The monoisotopic (exact) mass is 308 g/mol. The lowest BCUT2D eigenvalue weighted by atomic mass is 10.0. The van der Waals surface area contributed by atoms with E-state index in [-0.39, 0.29) is 6.03 Å². The molecule has 22 heavy (non-hydrogen) atoms. The molecule has 1 aromatic rings. The largest absolute Gasteiger partial charge is 0.338 e. The summed E-state index contributed by atoms with van der Waals surface area (Å²) in [5.41, 5.74) is 0. The number of nitrogens with zero attached hydrogens (tertiary/aromatic N) is 4. The topological polar surface area (TPSA) is 75.1 Å². The van der Waals surface area contributed by atoms with E-state index in [4.69, 9.17) is 0 Å². The normalized spacial score (nSPS) is 20.5. The van der Waals surface area contributed by atoms with E-state index in [0.717, 1.165) is 19.5 Å². The number of hydrogen-bond donors (Lipinski definition) is 2. The van der Waals surface area contributed by atoms with Crippen molar-refractivity contribution in [3.63, 3.8) is 0 Å². The lowest BCUT2D eigenvalue weighted by Crippen LogP contribution is -2.49. The average Bonchev–Trinajstić information content (AvgIpc) is 3.03. The van der Waals surface area contributed by atoms with Crippen LogP contribution in [0.3, 0.4) is 0 Å². The zero-order chi connectivity index (χ0) is 15.8. The smallest absolute Gasteiger partial charge is 0.314 e. The van der Waals surface area contributed by atoms with Crippen LogP contribution in [0.25, 0.3) is 0 Å². The number of likely N-dealkylation sites (tertiary alicyclic amines) is 1. The molecule has 2 heterocycles. The van der Waals surface area contributed by atoms with Gasteiger partial charge in [0.25, 0.3) is 0 Å². The van der Waals surface area contributed by atoms with Gasteiger partial charge in [0.05, 0.1) is 0 Å². The molecule has 124 valence electrons. The van der Waals surface area contributed by atoms with Crippen molar-refractivity contribution in [2.24, 2.45) is 0 Å². The molecule has 1 aromatic heterocycles. The molecule has 0 radical (unpaired) electrons. The summed E-state index contributed by atoms with van der Waals surface area (Å²) < 4.78 is 1.76. The lowest BCUT2D eigenvalue weighted by Gasteiger charge is -2.38. The first-order chi connectivity index (χ1) is 10.7. The SMILES string of the molecule is C[C@H](CNC(=O)NCCCn1cncn1)N1CCCC[C@@H]1C. The van der Waals surface area contributed by atoms with Crippen molar-refractivity contribution in [3.05, 3.63) is 12.7 Å². The molecule has 1 aliphatic heterocycles. The first kappa shape index (κ1) is 16.7. The van der Waals surface area contributed by atoms with Gasteiger partial charge in [-0.3, -0.25) is 9.58 Å². The maximum absolute atomic E-state index is 11.8. The highest BCUT2D eigenvalue weighted by atomic mass is 16.2. The number of aromatic nitrogens is 3. The van der Waals surface area contributed by atoms with Crippen molar-refractivity contribution < 1.29 is 4.79 Å². The molecule has 2 amide bonds. The summed E-state index contributed by atoms with van der Waals surface area (Å²) in [7, 11) is 0. The third kappa shape index (κ3) is 5.29. The first-order valence-corrected chi connectivity index (χ1v) is 8.26. The van der Waals surface area contributed by atoms with E-state index in [2.05, 4.69) is 39.5 Å². The Morgan fingerprint density at radius 2 is 2.27 bits per heavy atom. The van der Waals surface area contributed by atoms with E-state index in [9.17, 15) is 4.79 Å². The van der Waals surface area contributed by atoms with Crippen molar-refractivity contribution in [2.75, 3.05) is 19.6 Å².